The lowest BCUT2D eigenvalue weighted by Gasteiger charge is -2.09. The molecule has 1 N–H and O–H groups in total. The molecule has 112 valence electrons. The molecule has 21 heavy (non-hydrogen) atoms. The molecule has 0 unspecified atom stereocenters. The molecule has 0 fully saturated rings. The first-order valence-electron chi connectivity index (χ1n) is 6.81. The Balaban J connectivity index is 1.89. The summed E-state index contributed by atoms with van der Waals surface area (Å²) in [6.45, 7) is 3.50. The van der Waals surface area contributed by atoms with Gasteiger partial charge >= 0.3 is 0 Å². The zero-order chi connectivity index (χ0) is 15.1. The maximum Gasteiger partial charge on any atom is 0.268 e. The summed E-state index contributed by atoms with van der Waals surface area (Å²) in [6, 6.07) is 8.83. The molecule has 0 saturated heterocycles. The Bertz CT molecular complexity index is 623. The van der Waals surface area contributed by atoms with E-state index in [-0.39, 0.29) is 5.56 Å². The van der Waals surface area contributed by atoms with E-state index in [0.717, 1.165) is 23.7 Å². The Morgan fingerprint density at radius 1 is 1.24 bits per heavy atom. The van der Waals surface area contributed by atoms with Crippen LogP contribution in [0.15, 0.2) is 41.3 Å². The summed E-state index contributed by atoms with van der Waals surface area (Å²) in [4.78, 5) is 11.8. The number of rotatable bonds is 7. The Hall–Kier alpha value is -2.50. The smallest absolute Gasteiger partial charge is 0.268 e. The van der Waals surface area contributed by atoms with Crippen LogP contribution in [0.1, 0.15) is 6.92 Å². The van der Waals surface area contributed by atoms with Crippen LogP contribution >= 0.6 is 0 Å². The van der Waals surface area contributed by atoms with Gasteiger partial charge in [-0.1, -0.05) is 0 Å². The number of nitrogens with zero attached hydrogens (tertiary/aromatic N) is 2. The molecule has 2 aromatic rings. The first-order valence-corrected chi connectivity index (χ1v) is 6.81. The number of methoxy groups -OCH3 is 1. The highest BCUT2D eigenvalue weighted by Crippen LogP contribution is 2.16. The van der Waals surface area contributed by atoms with Gasteiger partial charge in [0.15, 0.2) is 0 Å². The fourth-order valence-electron chi connectivity index (χ4n) is 1.82. The first kappa shape index (κ1) is 14.9. The molecule has 1 aromatic carbocycles. The van der Waals surface area contributed by atoms with Crippen molar-refractivity contribution in [2.24, 2.45) is 0 Å². The van der Waals surface area contributed by atoms with E-state index in [1.165, 1.54) is 10.7 Å². The predicted molar refractivity (Wildman–Crippen MR) is 81.1 cm³/mol. The van der Waals surface area contributed by atoms with E-state index in [9.17, 15) is 4.79 Å². The van der Waals surface area contributed by atoms with E-state index in [4.69, 9.17) is 9.47 Å². The Kier molecular flexibility index (Phi) is 5.20. The summed E-state index contributed by atoms with van der Waals surface area (Å²) in [5, 5.41) is 7.15. The minimum atomic E-state index is -0.146. The van der Waals surface area contributed by atoms with Crippen molar-refractivity contribution in [2.45, 2.75) is 13.5 Å². The van der Waals surface area contributed by atoms with Crippen LogP contribution in [0, 0.1) is 0 Å². The SMILES string of the molecule is CCNc1cnn(CCOc2ccc(OC)cc2)c(=O)c1. The van der Waals surface area contributed by atoms with E-state index >= 15 is 0 Å². The van der Waals surface area contributed by atoms with Crippen LogP contribution in [0.2, 0.25) is 0 Å². The van der Waals surface area contributed by atoms with Crippen molar-refractivity contribution in [1.82, 2.24) is 9.78 Å². The lowest BCUT2D eigenvalue weighted by molar-refractivity contribution is 0.287. The molecule has 0 aliphatic rings. The highest BCUT2D eigenvalue weighted by Gasteiger charge is 2.00. The van der Waals surface area contributed by atoms with Crippen molar-refractivity contribution in [3.63, 3.8) is 0 Å². The lowest BCUT2D eigenvalue weighted by atomic mass is 10.3. The van der Waals surface area contributed by atoms with Gasteiger partial charge in [-0.3, -0.25) is 4.79 Å². The molecule has 0 radical (unpaired) electrons. The second-order valence-corrected chi connectivity index (χ2v) is 4.36. The Morgan fingerprint density at radius 2 is 1.95 bits per heavy atom. The van der Waals surface area contributed by atoms with Crippen LogP contribution in [0.3, 0.4) is 0 Å². The van der Waals surface area contributed by atoms with E-state index < -0.39 is 0 Å². The van der Waals surface area contributed by atoms with Gasteiger partial charge < -0.3 is 14.8 Å². The van der Waals surface area contributed by atoms with Gasteiger partial charge in [-0.25, -0.2) is 4.68 Å². The summed E-state index contributed by atoms with van der Waals surface area (Å²) in [6.07, 6.45) is 1.64. The van der Waals surface area contributed by atoms with Gasteiger partial charge in [0.1, 0.15) is 18.1 Å². The maximum absolute atomic E-state index is 11.8. The second-order valence-electron chi connectivity index (χ2n) is 4.36. The largest absolute Gasteiger partial charge is 0.497 e. The molecule has 0 bridgehead atoms. The van der Waals surface area contributed by atoms with E-state index in [2.05, 4.69) is 10.4 Å². The fraction of sp³-hybridized carbons (Fsp3) is 0.333. The number of ether oxygens (including phenoxy) is 2. The van der Waals surface area contributed by atoms with Crippen LogP contribution in [-0.4, -0.2) is 30.0 Å². The second kappa shape index (κ2) is 7.33. The number of nitrogens with one attached hydrogen (secondary N) is 1. The zero-order valence-electron chi connectivity index (χ0n) is 12.2. The number of aromatic nitrogens is 2. The average molecular weight is 289 g/mol. The van der Waals surface area contributed by atoms with Crippen LogP contribution in [-0.2, 0) is 6.54 Å². The molecule has 6 nitrogen and oxygen atoms in total. The standard InChI is InChI=1S/C15H19N3O3/c1-3-16-12-10-15(19)18(17-11-12)8-9-21-14-6-4-13(20-2)5-7-14/h4-7,10-11,16H,3,8-9H2,1-2H3. The van der Waals surface area contributed by atoms with Crippen molar-refractivity contribution in [3.8, 4) is 11.5 Å². The lowest BCUT2D eigenvalue weighted by Crippen LogP contribution is -2.25. The van der Waals surface area contributed by atoms with Crippen molar-refractivity contribution in [1.29, 1.82) is 0 Å². The number of anilines is 1. The summed E-state index contributed by atoms with van der Waals surface area (Å²) >= 11 is 0. The Labute approximate surface area is 123 Å². The van der Waals surface area contributed by atoms with Gasteiger partial charge in [0.05, 0.1) is 25.5 Å². The zero-order valence-corrected chi connectivity index (χ0v) is 12.2. The van der Waals surface area contributed by atoms with Crippen LogP contribution < -0.4 is 20.3 Å². The van der Waals surface area contributed by atoms with Gasteiger partial charge in [-0.05, 0) is 31.2 Å². The Morgan fingerprint density at radius 3 is 2.57 bits per heavy atom. The topological polar surface area (TPSA) is 65.4 Å². The maximum atomic E-state index is 11.8. The number of hydrogen-bond acceptors (Lipinski definition) is 5. The third-order valence-electron chi connectivity index (χ3n) is 2.88. The molecule has 0 atom stereocenters. The van der Waals surface area contributed by atoms with Crippen LogP contribution in [0.4, 0.5) is 5.69 Å². The highest BCUT2D eigenvalue weighted by atomic mass is 16.5. The summed E-state index contributed by atoms with van der Waals surface area (Å²) in [5.41, 5.74) is 0.585. The van der Waals surface area contributed by atoms with E-state index in [1.54, 1.807) is 13.3 Å². The predicted octanol–water partition coefficient (Wildman–Crippen LogP) is 1.76. The van der Waals surface area contributed by atoms with Crippen molar-refractivity contribution in [2.75, 3.05) is 25.6 Å². The van der Waals surface area contributed by atoms with Crippen LogP contribution in [0.5, 0.6) is 11.5 Å². The molecule has 2 rings (SSSR count). The normalized spacial score (nSPS) is 10.2. The van der Waals surface area contributed by atoms with Crippen molar-refractivity contribution in [3.05, 3.63) is 46.9 Å². The third kappa shape index (κ3) is 4.24. The van der Waals surface area contributed by atoms with Crippen LogP contribution in [0.25, 0.3) is 0 Å². The highest BCUT2D eigenvalue weighted by molar-refractivity contribution is 5.38. The molecule has 0 spiro atoms. The molecule has 6 heteroatoms. The number of hydrogen-bond donors (Lipinski definition) is 1. The summed E-state index contributed by atoms with van der Waals surface area (Å²) < 4.78 is 12.0. The van der Waals surface area contributed by atoms with E-state index in [0.29, 0.717) is 13.2 Å². The molecular weight excluding hydrogens is 270 g/mol. The van der Waals surface area contributed by atoms with Gasteiger partial charge in [0, 0.05) is 12.6 Å². The third-order valence-corrected chi connectivity index (χ3v) is 2.88. The minimum absolute atomic E-state index is 0.146. The van der Waals surface area contributed by atoms with Crippen molar-refractivity contribution >= 4 is 5.69 Å². The monoisotopic (exact) mass is 289 g/mol. The summed E-state index contributed by atoms with van der Waals surface area (Å²) in [7, 11) is 1.62. The quantitative estimate of drug-likeness (QED) is 0.841. The molecule has 0 aliphatic heterocycles. The van der Waals surface area contributed by atoms with Gasteiger partial charge in [0.2, 0.25) is 0 Å². The van der Waals surface area contributed by atoms with Crippen molar-refractivity contribution < 1.29 is 9.47 Å². The molecule has 0 amide bonds. The first-order chi connectivity index (χ1) is 10.2. The summed E-state index contributed by atoms with van der Waals surface area (Å²) in [5.74, 6) is 1.51. The minimum Gasteiger partial charge on any atom is -0.497 e. The van der Waals surface area contributed by atoms with Gasteiger partial charge in [-0.2, -0.15) is 5.10 Å². The van der Waals surface area contributed by atoms with Gasteiger partial charge in [-0.15, -0.1) is 0 Å². The molecule has 0 saturated carbocycles. The molecule has 1 heterocycles. The fourth-order valence-corrected chi connectivity index (χ4v) is 1.82. The molecular formula is C15H19N3O3. The molecule has 0 aliphatic carbocycles. The van der Waals surface area contributed by atoms with Gasteiger partial charge in [0.25, 0.3) is 5.56 Å². The number of benzene rings is 1. The van der Waals surface area contributed by atoms with E-state index in [1.807, 2.05) is 31.2 Å². The average Bonchev–Trinajstić information content (AvgIpc) is 2.50. The molecule has 1 aromatic heterocycles.